The Morgan fingerprint density at radius 3 is 2.32 bits per heavy atom. The van der Waals surface area contributed by atoms with E-state index in [9.17, 15) is 9.59 Å². The predicted molar refractivity (Wildman–Crippen MR) is 112 cm³/mol. The Bertz CT molecular complexity index is 827. The summed E-state index contributed by atoms with van der Waals surface area (Å²) in [5.74, 6) is -0.622. The van der Waals surface area contributed by atoms with Crippen LogP contribution in [0.15, 0.2) is 42.5 Å². The third kappa shape index (κ3) is 4.63. The van der Waals surface area contributed by atoms with Crippen LogP contribution in [-0.2, 0) is 16.0 Å². The van der Waals surface area contributed by atoms with E-state index in [2.05, 4.69) is 29.4 Å². The molecular formula is C22H27N3O3. The molecule has 2 aromatic rings. The van der Waals surface area contributed by atoms with Gasteiger partial charge in [0, 0.05) is 42.1 Å². The fourth-order valence-electron chi connectivity index (χ4n) is 3.37. The van der Waals surface area contributed by atoms with Crippen LogP contribution < -0.4 is 20.3 Å². The van der Waals surface area contributed by atoms with Gasteiger partial charge in [-0.2, -0.15) is 0 Å². The van der Waals surface area contributed by atoms with Crippen LogP contribution in [0.5, 0.6) is 5.75 Å². The van der Waals surface area contributed by atoms with Crippen molar-refractivity contribution in [2.45, 2.75) is 33.1 Å². The van der Waals surface area contributed by atoms with Crippen molar-refractivity contribution in [2.75, 3.05) is 35.2 Å². The van der Waals surface area contributed by atoms with Gasteiger partial charge in [0.25, 0.3) is 0 Å². The number of carbonyl (C=O) groups is 2. The summed E-state index contributed by atoms with van der Waals surface area (Å²) in [4.78, 5) is 26.9. The molecule has 0 fully saturated rings. The standard InChI is InChI=1S/C22H27N3O3/c1-3-13-25(14-4-2)17-10-8-16(9-11-17)23-21(26)22(27)24-19-6-5-7-20-18(19)12-15-28-20/h5-11H,3-4,12-15H2,1-2H3,(H,23,26)(H,24,27). The largest absolute Gasteiger partial charge is 0.493 e. The molecule has 0 spiro atoms. The van der Waals surface area contributed by atoms with Crippen LogP contribution in [0.25, 0.3) is 0 Å². The van der Waals surface area contributed by atoms with Crippen molar-refractivity contribution in [3.63, 3.8) is 0 Å². The smallest absolute Gasteiger partial charge is 0.314 e. The van der Waals surface area contributed by atoms with E-state index in [0.717, 1.165) is 49.4 Å². The summed E-state index contributed by atoms with van der Waals surface area (Å²) in [6.07, 6.45) is 2.88. The summed E-state index contributed by atoms with van der Waals surface area (Å²) in [5.41, 5.74) is 3.27. The maximum absolute atomic E-state index is 12.3. The first-order chi connectivity index (χ1) is 13.6. The molecular weight excluding hydrogens is 354 g/mol. The zero-order valence-electron chi connectivity index (χ0n) is 16.5. The Labute approximate surface area is 165 Å². The van der Waals surface area contributed by atoms with E-state index < -0.39 is 11.8 Å². The Balaban J connectivity index is 1.61. The van der Waals surface area contributed by atoms with Crippen molar-refractivity contribution < 1.29 is 14.3 Å². The SMILES string of the molecule is CCCN(CCC)c1ccc(NC(=O)C(=O)Nc2cccc3c2CCO3)cc1. The van der Waals surface area contributed by atoms with Crippen LogP contribution in [0.1, 0.15) is 32.3 Å². The highest BCUT2D eigenvalue weighted by atomic mass is 16.5. The number of ether oxygens (including phenoxy) is 1. The lowest BCUT2D eigenvalue weighted by Gasteiger charge is -2.24. The molecule has 0 bridgehead atoms. The maximum Gasteiger partial charge on any atom is 0.314 e. The van der Waals surface area contributed by atoms with Crippen LogP contribution in [-0.4, -0.2) is 31.5 Å². The van der Waals surface area contributed by atoms with E-state index in [1.54, 1.807) is 12.1 Å². The van der Waals surface area contributed by atoms with Gasteiger partial charge in [0.2, 0.25) is 0 Å². The van der Waals surface area contributed by atoms with Crippen molar-refractivity contribution in [3.8, 4) is 5.75 Å². The molecule has 0 unspecified atom stereocenters. The highest BCUT2D eigenvalue weighted by Gasteiger charge is 2.20. The highest BCUT2D eigenvalue weighted by Crippen LogP contribution is 2.31. The van der Waals surface area contributed by atoms with Gasteiger partial charge >= 0.3 is 11.8 Å². The van der Waals surface area contributed by atoms with Gasteiger partial charge in [0.15, 0.2) is 0 Å². The molecule has 148 valence electrons. The molecule has 0 saturated heterocycles. The van der Waals surface area contributed by atoms with Gasteiger partial charge in [-0.05, 0) is 49.2 Å². The number of hydrogen-bond donors (Lipinski definition) is 2. The molecule has 1 aliphatic rings. The van der Waals surface area contributed by atoms with E-state index in [1.165, 1.54) is 0 Å². The fourth-order valence-corrected chi connectivity index (χ4v) is 3.37. The first-order valence-corrected chi connectivity index (χ1v) is 9.84. The van der Waals surface area contributed by atoms with Crippen LogP contribution >= 0.6 is 0 Å². The van der Waals surface area contributed by atoms with E-state index in [0.29, 0.717) is 18.0 Å². The summed E-state index contributed by atoms with van der Waals surface area (Å²) in [6, 6.07) is 13.0. The summed E-state index contributed by atoms with van der Waals surface area (Å²) in [5, 5.41) is 5.35. The van der Waals surface area contributed by atoms with Crippen LogP contribution in [0, 0.1) is 0 Å². The van der Waals surface area contributed by atoms with Gasteiger partial charge in [-0.25, -0.2) is 0 Å². The molecule has 0 saturated carbocycles. The number of benzene rings is 2. The molecule has 0 aromatic heterocycles. The maximum atomic E-state index is 12.3. The van der Waals surface area contributed by atoms with Crippen molar-refractivity contribution in [1.82, 2.24) is 0 Å². The number of fused-ring (bicyclic) bond motifs is 1. The summed E-state index contributed by atoms with van der Waals surface area (Å²) in [6.45, 7) is 6.89. The van der Waals surface area contributed by atoms with Crippen LogP contribution in [0.4, 0.5) is 17.1 Å². The lowest BCUT2D eigenvalue weighted by atomic mass is 10.1. The minimum Gasteiger partial charge on any atom is -0.493 e. The quantitative estimate of drug-likeness (QED) is 0.715. The van der Waals surface area contributed by atoms with E-state index in [-0.39, 0.29) is 0 Å². The zero-order valence-corrected chi connectivity index (χ0v) is 16.5. The Morgan fingerprint density at radius 2 is 1.64 bits per heavy atom. The normalized spacial score (nSPS) is 12.1. The number of carbonyl (C=O) groups excluding carboxylic acids is 2. The molecule has 6 heteroatoms. The zero-order chi connectivity index (χ0) is 19.9. The molecule has 1 heterocycles. The molecule has 0 atom stereocenters. The average Bonchev–Trinajstić information content (AvgIpc) is 3.18. The molecule has 1 aliphatic heterocycles. The number of rotatable bonds is 7. The second-order valence-electron chi connectivity index (χ2n) is 6.82. The first-order valence-electron chi connectivity index (χ1n) is 9.84. The second-order valence-corrected chi connectivity index (χ2v) is 6.82. The van der Waals surface area contributed by atoms with Gasteiger partial charge in [0.05, 0.1) is 6.61 Å². The number of nitrogens with one attached hydrogen (secondary N) is 2. The third-order valence-electron chi connectivity index (χ3n) is 4.67. The van der Waals surface area contributed by atoms with Crippen molar-refractivity contribution in [3.05, 3.63) is 48.0 Å². The molecule has 6 nitrogen and oxygen atoms in total. The first kappa shape index (κ1) is 19.7. The molecule has 2 aromatic carbocycles. The third-order valence-corrected chi connectivity index (χ3v) is 4.67. The lowest BCUT2D eigenvalue weighted by molar-refractivity contribution is -0.133. The Hall–Kier alpha value is -3.02. The molecule has 0 radical (unpaired) electrons. The predicted octanol–water partition coefficient (Wildman–Crippen LogP) is 3.83. The summed E-state index contributed by atoms with van der Waals surface area (Å²) < 4.78 is 5.49. The van der Waals surface area contributed by atoms with Gasteiger partial charge in [-0.15, -0.1) is 0 Å². The van der Waals surface area contributed by atoms with E-state index in [4.69, 9.17) is 4.74 Å². The minimum absolute atomic E-state index is 0.591. The topological polar surface area (TPSA) is 70.7 Å². The van der Waals surface area contributed by atoms with E-state index in [1.807, 2.05) is 30.3 Å². The van der Waals surface area contributed by atoms with E-state index >= 15 is 0 Å². The molecule has 3 rings (SSSR count). The highest BCUT2D eigenvalue weighted by molar-refractivity contribution is 6.43. The lowest BCUT2D eigenvalue weighted by Crippen LogP contribution is -2.29. The summed E-state index contributed by atoms with van der Waals surface area (Å²) in [7, 11) is 0. The van der Waals surface area contributed by atoms with Crippen molar-refractivity contribution >= 4 is 28.9 Å². The average molecular weight is 381 g/mol. The van der Waals surface area contributed by atoms with Gasteiger partial charge in [0.1, 0.15) is 5.75 Å². The summed E-state index contributed by atoms with van der Waals surface area (Å²) >= 11 is 0. The fraction of sp³-hybridized carbons (Fsp3) is 0.364. The van der Waals surface area contributed by atoms with Crippen molar-refractivity contribution in [2.24, 2.45) is 0 Å². The number of nitrogens with zero attached hydrogens (tertiary/aromatic N) is 1. The monoisotopic (exact) mass is 381 g/mol. The molecule has 28 heavy (non-hydrogen) atoms. The molecule has 0 aliphatic carbocycles. The van der Waals surface area contributed by atoms with Gasteiger partial charge in [-0.1, -0.05) is 19.9 Å². The molecule has 2 amide bonds. The Kier molecular flexibility index (Phi) is 6.53. The number of hydrogen-bond acceptors (Lipinski definition) is 4. The second kappa shape index (κ2) is 9.26. The van der Waals surface area contributed by atoms with Gasteiger partial charge < -0.3 is 20.3 Å². The minimum atomic E-state index is -0.692. The Morgan fingerprint density at radius 1 is 0.964 bits per heavy atom. The number of anilines is 3. The number of amides is 2. The van der Waals surface area contributed by atoms with Crippen LogP contribution in [0.2, 0.25) is 0 Å². The van der Waals surface area contributed by atoms with Crippen molar-refractivity contribution in [1.29, 1.82) is 0 Å². The van der Waals surface area contributed by atoms with Crippen LogP contribution in [0.3, 0.4) is 0 Å². The molecule has 2 N–H and O–H groups in total. The van der Waals surface area contributed by atoms with Gasteiger partial charge in [-0.3, -0.25) is 9.59 Å².